The Labute approximate surface area is 145 Å². The highest BCUT2D eigenvalue weighted by molar-refractivity contribution is 7.90. The summed E-state index contributed by atoms with van der Waals surface area (Å²) in [5.74, 6) is 0.632. The van der Waals surface area contributed by atoms with Crippen molar-refractivity contribution >= 4 is 15.9 Å². The fourth-order valence-corrected chi connectivity index (χ4v) is 3.79. The molecule has 0 spiro atoms. The minimum atomic E-state index is -3.74. The summed E-state index contributed by atoms with van der Waals surface area (Å²) in [7, 11) is -3.74. The van der Waals surface area contributed by atoms with E-state index in [4.69, 9.17) is 4.42 Å². The average Bonchev–Trinajstić information content (AvgIpc) is 3.22. The average molecular weight is 359 g/mol. The van der Waals surface area contributed by atoms with Crippen molar-refractivity contribution in [3.05, 3.63) is 71.7 Å². The van der Waals surface area contributed by atoms with Crippen LogP contribution >= 0.6 is 0 Å². The number of hydrogen-bond acceptors (Lipinski definition) is 5. The second-order valence-corrected chi connectivity index (χ2v) is 7.36. The van der Waals surface area contributed by atoms with Crippen LogP contribution in [0.25, 0.3) is 0 Å². The SMILES string of the molecule is Cc1cnc(CNC(=O)c2ccn(S(=O)(=O)c3ccccc3C)c2)o1. The van der Waals surface area contributed by atoms with Crippen LogP contribution in [0, 0.1) is 13.8 Å². The highest BCUT2D eigenvalue weighted by atomic mass is 32.2. The molecule has 0 saturated heterocycles. The number of rotatable bonds is 5. The van der Waals surface area contributed by atoms with Gasteiger partial charge in [0, 0.05) is 12.4 Å². The van der Waals surface area contributed by atoms with E-state index in [0.29, 0.717) is 17.2 Å². The first kappa shape index (κ1) is 17.0. The molecule has 0 fully saturated rings. The maximum Gasteiger partial charge on any atom is 0.267 e. The van der Waals surface area contributed by atoms with Gasteiger partial charge in [0.2, 0.25) is 5.89 Å². The molecule has 0 radical (unpaired) electrons. The molecule has 0 unspecified atom stereocenters. The maximum absolute atomic E-state index is 12.7. The molecule has 2 heterocycles. The molecule has 0 atom stereocenters. The van der Waals surface area contributed by atoms with Crippen molar-refractivity contribution in [3.63, 3.8) is 0 Å². The van der Waals surface area contributed by atoms with E-state index < -0.39 is 15.9 Å². The van der Waals surface area contributed by atoms with Crippen LogP contribution in [-0.4, -0.2) is 23.3 Å². The van der Waals surface area contributed by atoms with E-state index in [1.807, 2.05) is 0 Å². The molecule has 3 rings (SSSR count). The monoisotopic (exact) mass is 359 g/mol. The van der Waals surface area contributed by atoms with Crippen LogP contribution in [0.4, 0.5) is 0 Å². The highest BCUT2D eigenvalue weighted by Crippen LogP contribution is 2.18. The zero-order valence-electron chi connectivity index (χ0n) is 13.8. The Morgan fingerprint density at radius 2 is 2.00 bits per heavy atom. The molecule has 130 valence electrons. The molecule has 0 aliphatic heterocycles. The van der Waals surface area contributed by atoms with Crippen LogP contribution in [0.15, 0.2) is 58.2 Å². The molecule has 25 heavy (non-hydrogen) atoms. The molecular weight excluding hydrogens is 342 g/mol. The van der Waals surface area contributed by atoms with Gasteiger partial charge in [-0.25, -0.2) is 17.4 Å². The second kappa shape index (κ2) is 6.56. The molecule has 1 N–H and O–H groups in total. The molecular formula is C17H17N3O4S. The Morgan fingerprint density at radius 1 is 1.24 bits per heavy atom. The van der Waals surface area contributed by atoms with Gasteiger partial charge in [-0.05, 0) is 31.5 Å². The van der Waals surface area contributed by atoms with Crippen LogP contribution in [0.1, 0.15) is 27.6 Å². The summed E-state index contributed by atoms with van der Waals surface area (Å²) in [6.45, 7) is 3.61. The van der Waals surface area contributed by atoms with Gasteiger partial charge >= 0.3 is 0 Å². The fraction of sp³-hybridized carbons (Fsp3) is 0.176. The Hall–Kier alpha value is -2.87. The minimum absolute atomic E-state index is 0.127. The number of aryl methyl sites for hydroxylation is 2. The van der Waals surface area contributed by atoms with Crippen LogP contribution in [0.2, 0.25) is 0 Å². The molecule has 1 aromatic carbocycles. The number of carbonyl (C=O) groups is 1. The fourth-order valence-electron chi connectivity index (χ4n) is 2.36. The smallest absolute Gasteiger partial charge is 0.267 e. The third-order valence-corrected chi connectivity index (χ3v) is 5.44. The van der Waals surface area contributed by atoms with Gasteiger partial charge < -0.3 is 9.73 Å². The molecule has 0 saturated carbocycles. The van der Waals surface area contributed by atoms with E-state index in [0.717, 1.165) is 3.97 Å². The number of aromatic nitrogens is 2. The lowest BCUT2D eigenvalue weighted by Gasteiger charge is -2.08. The van der Waals surface area contributed by atoms with Gasteiger partial charge in [0.25, 0.3) is 15.9 Å². The summed E-state index contributed by atoms with van der Waals surface area (Å²) in [5, 5.41) is 2.64. The standard InChI is InChI=1S/C17H17N3O4S/c1-12-5-3-4-6-15(12)25(22,23)20-8-7-14(11-20)17(21)19-10-16-18-9-13(2)24-16/h3-9,11H,10H2,1-2H3,(H,19,21). The largest absolute Gasteiger partial charge is 0.444 e. The Kier molecular flexibility index (Phi) is 4.45. The third kappa shape index (κ3) is 3.48. The van der Waals surface area contributed by atoms with E-state index in [1.54, 1.807) is 38.2 Å². The van der Waals surface area contributed by atoms with Gasteiger partial charge in [0.05, 0.1) is 23.2 Å². The van der Waals surface area contributed by atoms with Gasteiger partial charge in [-0.3, -0.25) is 4.79 Å². The first-order valence-corrected chi connectivity index (χ1v) is 9.00. The summed E-state index contributed by atoms with van der Waals surface area (Å²) in [6.07, 6.45) is 4.20. The zero-order valence-corrected chi connectivity index (χ0v) is 14.6. The molecule has 7 nitrogen and oxygen atoms in total. The predicted octanol–water partition coefficient (Wildman–Crippen LogP) is 2.26. The lowest BCUT2D eigenvalue weighted by Crippen LogP contribution is -2.22. The number of amides is 1. The van der Waals surface area contributed by atoms with E-state index >= 15 is 0 Å². The zero-order chi connectivity index (χ0) is 18.0. The van der Waals surface area contributed by atoms with Crippen LogP contribution in [0.5, 0.6) is 0 Å². The summed E-state index contributed by atoms with van der Waals surface area (Å²) in [5.41, 5.74) is 0.877. The second-order valence-electron chi connectivity index (χ2n) is 5.55. The summed E-state index contributed by atoms with van der Waals surface area (Å²) in [6, 6.07) is 8.15. The third-order valence-electron chi connectivity index (χ3n) is 3.65. The number of oxazole rings is 1. The number of nitrogens with zero attached hydrogens (tertiary/aromatic N) is 2. The summed E-state index contributed by atoms with van der Waals surface area (Å²) in [4.78, 5) is 16.4. The van der Waals surface area contributed by atoms with Crippen LogP contribution in [-0.2, 0) is 16.6 Å². The van der Waals surface area contributed by atoms with Crippen molar-refractivity contribution in [1.82, 2.24) is 14.3 Å². The molecule has 8 heteroatoms. The predicted molar refractivity (Wildman–Crippen MR) is 90.6 cm³/mol. The van der Waals surface area contributed by atoms with E-state index in [9.17, 15) is 13.2 Å². The van der Waals surface area contributed by atoms with Gasteiger partial charge in [0.1, 0.15) is 5.76 Å². The number of hydrogen-bond donors (Lipinski definition) is 1. The molecule has 0 aliphatic carbocycles. The summed E-state index contributed by atoms with van der Waals surface area (Å²) >= 11 is 0. The lowest BCUT2D eigenvalue weighted by atomic mass is 10.2. The molecule has 2 aromatic heterocycles. The van der Waals surface area contributed by atoms with Crippen LogP contribution in [0.3, 0.4) is 0 Å². The molecule has 0 bridgehead atoms. The van der Waals surface area contributed by atoms with Crippen LogP contribution < -0.4 is 5.32 Å². The van der Waals surface area contributed by atoms with Crippen molar-refractivity contribution in [1.29, 1.82) is 0 Å². The van der Waals surface area contributed by atoms with Gasteiger partial charge in [-0.2, -0.15) is 0 Å². The van der Waals surface area contributed by atoms with E-state index in [1.165, 1.54) is 24.5 Å². The Balaban J connectivity index is 1.77. The maximum atomic E-state index is 12.7. The molecule has 1 amide bonds. The van der Waals surface area contributed by atoms with Crippen molar-refractivity contribution in [3.8, 4) is 0 Å². The van der Waals surface area contributed by atoms with E-state index in [-0.39, 0.29) is 17.0 Å². The quantitative estimate of drug-likeness (QED) is 0.754. The first-order valence-electron chi connectivity index (χ1n) is 7.56. The number of nitrogens with one attached hydrogen (secondary N) is 1. The number of benzene rings is 1. The van der Waals surface area contributed by atoms with Crippen molar-refractivity contribution in [2.24, 2.45) is 0 Å². The van der Waals surface area contributed by atoms with Gasteiger partial charge in [-0.15, -0.1) is 0 Å². The topological polar surface area (TPSA) is 94.2 Å². The molecule has 3 aromatic rings. The Morgan fingerprint density at radius 3 is 2.68 bits per heavy atom. The lowest BCUT2D eigenvalue weighted by molar-refractivity contribution is 0.0947. The Bertz CT molecular complexity index is 1020. The van der Waals surface area contributed by atoms with Crippen molar-refractivity contribution in [2.75, 3.05) is 0 Å². The summed E-state index contributed by atoms with van der Waals surface area (Å²) < 4.78 is 31.7. The van der Waals surface area contributed by atoms with Gasteiger partial charge in [0.15, 0.2) is 0 Å². The highest BCUT2D eigenvalue weighted by Gasteiger charge is 2.20. The van der Waals surface area contributed by atoms with E-state index in [2.05, 4.69) is 10.3 Å². The van der Waals surface area contributed by atoms with Crippen molar-refractivity contribution < 1.29 is 17.6 Å². The molecule has 0 aliphatic rings. The minimum Gasteiger partial charge on any atom is -0.444 e. The van der Waals surface area contributed by atoms with Gasteiger partial charge in [-0.1, -0.05) is 18.2 Å². The first-order chi connectivity index (χ1) is 11.9. The number of carbonyl (C=O) groups excluding carboxylic acids is 1. The normalized spacial score (nSPS) is 11.4. The van der Waals surface area contributed by atoms with Crippen molar-refractivity contribution in [2.45, 2.75) is 25.3 Å².